The molecule has 0 saturated carbocycles. The fourth-order valence-electron chi connectivity index (χ4n) is 3.43. The SMILES string of the molecule is CC1Oc2cc(Oc3ccc(C(F)(F)F)cc3OC(F)F)ccc2C(C)C1C(=O)O. The summed E-state index contributed by atoms with van der Waals surface area (Å²) in [6, 6.07) is 6.42. The Morgan fingerprint density at radius 3 is 2.40 bits per heavy atom. The van der Waals surface area contributed by atoms with E-state index in [2.05, 4.69) is 4.74 Å². The average molecular weight is 432 g/mol. The molecule has 3 atom stereocenters. The minimum Gasteiger partial charge on any atom is -0.489 e. The van der Waals surface area contributed by atoms with Crippen LogP contribution in [0.4, 0.5) is 22.0 Å². The molecule has 0 aliphatic carbocycles. The topological polar surface area (TPSA) is 65.0 Å². The number of rotatable bonds is 5. The van der Waals surface area contributed by atoms with E-state index in [1.54, 1.807) is 19.9 Å². The normalized spacial score (nSPS) is 21.0. The summed E-state index contributed by atoms with van der Waals surface area (Å²) in [4.78, 5) is 11.5. The summed E-state index contributed by atoms with van der Waals surface area (Å²) in [5.41, 5.74) is -0.550. The van der Waals surface area contributed by atoms with Gasteiger partial charge in [0.25, 0.3) is 0 Å². The summed E-state index contributed by atoms with van der Waals surface area (Å²) in [7, 11) is 0. The zero-order valence-corrected chi connectivity index (χ0v) is 15.7. The van der Waals surface area contributed by atoms with Gasteiger partial charge in [-0.05, 0) is 36.8 Å². The lowest BCUT2D eigenvalue weighted by atomic mass is 9.81. The first-order valence-corrected chi connectivity index (χ1v) is 8.84. The Bertz CT molecular complexity index is 944. The quantitative estimate of drug-likeness (QED) is 0.616. The van der Waals surface area contributed by atoms with Gasteiger partial charge in [-0.2, -0.15) is 22.0 Å². The van der Waals surface area contributed by atoms with Crippen LogP contribution in [0.5, 0.6) is 23.0 Å². The second kappa shape index (κ2) is 8.00. The van der Waals surface area contributed by atoms with Crippen molar-refractivity contribution in [1.82, 2.24) is 0 Å². The predicted octanol–water partition coefficient (Wildman–Crippen LogP) is 5.68. The number of fused-ring (bicyclic) bond motifs is 1. The minimum atomic E-state index is -4.74. The molecule has 0 fully saturated rings. The number of ether oxygens (including phenoxy) is 3. The first-order valence-electron chi connectivity index (χ1n) is 8.84. The number of halogens is 5. The molecule has 1 heterocycles. The maximum Gasteiger partial charge on any atom is 0.416 e. The maximum absolute atomic E-state index is 12.9. The number of alkyl halides is 5. The van der Waals surface area contributed by atoms with Crippen molar-refractivity contribution in [3.8, 4) is 23.0 Å². The smallest absolute Gasteiger partial charge is 0.416 e. The third-order valence-corrected chi connectivity index (χ3v) is 4.83. The molecule has 10 heteroatoms. The number of carboxylic acid groups (broad SMARTS) is 1. The van der Waals surface area contributed by atoms with E-state index in [9.17, 15) is 31.9 Å². The molecule has 0 amide bonds. The molecule has 0 bridgehead atoms. The monoisotopic (exact) mass is 432 g/mol. The molecule has 1 aliphatic rings. The molecule has 3 unspecified atom stereocenters. The van der Waals surface area contributed by atoms with Gasteiger partial charge in [-0.1, -0.05) is 13.0 Å². The Hall–Kier alpha value is -3.04. The lowest BCUT2D eigenvalue weighted by molar-refractivity contribution is -0.146. The van der Waals surface area contributed by atoms with Crippen LogP contribution in [-0.2, 0) is 11.0 Å². The molecule has 0 aromatic heterocycles. The highest BCUT2D eigenvalue weighted by atomic mass is 19.4. The zero-order chi connectivity index (χ0) is 22.2. The maximum atomic E-state index is 12.9. The summed E-state index contributed by atoms with van der Waals surface area (Å²) in [5, 5.41) is 9.38. The van der Waals surface area contributed by atoms with Gasteiger partial charge in [0.15, 0.2) is 11.5 Å². The van der Waals surface area contributed by atoms with Crippen molar-refractivity contribution in [3.05, 3.63) is 47.5 Å². The Morgan fingerprint density at radius 2 is 1.80 bits per heavy atom. The van der Waals surface area contributed by atoms with Crippen LogP contribution in [0.3, 0.4) is 0 Å². The van der Waals surface area contributed by atoms with Gasteiger partial charge in [-0.3, -0.25) is 4.79 Å². The molecular weight excluding hydrogens is 415 g/mol. The molecule has 0 spiro atoms. The van der Waals surface area contributed by atoms with Crippen LogP contribution < -0.4 is 14.2 Å². The van der Waals surface area contributed by atoms with Crippen molar-refractivity contribution in [2.45, 2.75) is 38.7 Å². The van der Waals surface area contributed by atoms with E-state index in [0.717, 1.165) is 6.07 Å². The highest BCUT2D eigenvalue weighted by Gasteiger charge is 2.38. The summed E-state index contributed by atoms with van der Waals surface area (Å²) in [5.74, 6) is -2.80. The largest absolute Gasteiger partial charge is 0.489 e. The van der Waals surface area contributed by atoms with E-state index in [1.165, 1.54) is 12.1 Å². The third-order valence-electron chi connectivity index (χ3n) is 4.83. The fourth-order valence-corrected chi connectivity index (χ4v) is 3.43. The van der Waals surface area contributed by atoms with Crippen molar-refractivity contribution < 1.29 is 46.1 Å². The highest BCUT2D eigenvalue weighted by molar-refractivity contribution is 5.73. The highest BCUT2D eigenvalue weighted by Crippen LogP contribution is 2.44. The van der Waals surface area contributed by atoms with Crippen LogP contribution in [0, 0.1) is 5.92 Å². The van der Waals surface area contributed by atoms with Gasteiger partial charge in [-0.25, -0.2) is 0 Å². The van der Waals surface area contributed by atoms with Gasteiger partial charge in [0.05, 0.1) is 11.5 Å². The van der Waals surface area contributed by atoms with Crippen molar-refractivity contribution in [2.24, 2.45) is 5.92 Å². The zero-order valence-electron chi connectivity index (χ0n) is 15.7. The number of hydrogen-bond acceptors (Lipinski definition) is 4. The van der Waals surface area contributed by atoms with Gasteiger partial charge in [-0.15, -0.1) is 0 Å². The number of hydrogen-bond donors (Lipinski definition) is 1. The molecule has 1 N–H and O–H groups in total. The average Bonchev–Trinajstić information content (AvgIpc) is 2.61. The fraction of sp³-hybridized carbons (Fsp3) is 0.350. The lowest BCUT2D eigenvalue weighted by Gasteiger charge is -2.34. The van der Waals surface area contributed by atoms with Gasteiger partial charge in [0.1, 0.15) is 17.6 Å². The molecular formula is C20H17F5O5. The number of aliphatic carboxylic acids is 1. The summed E-state index contributed by atoms with van der Waals surface area (Å²) >= 11 is 0. The van der Waals surface area contributed by atoms with Crippen LogP contribution in [0.2, 0.25) is 0 Å². The van der Waals surface area contributed by atoms with Crippen LogP contribution >= 0.6 is 0 Å². The standard InChI is InChI=1S/C20H17F5O5/c1-9-13-5-4-12(8-15(13)28-10(2)17(9)18(26)27)29-14-6-3-11(20(23,24)25)7-16(14)30-19(21)22/h3-10,17,19H,1-2H3,(H,26,27). The Balaban J connectivity index is 1.92. The molecule has 30 heavy (non-hydrogen) atoms. The number of benzene rings is 2. The van der Waals surface area contributed by atoms with Crippen LogP contribution in [0.15, 0.2) is 36.4 Å². The van der Waals surface area contributed by atoms with Crippen LogP contribution in [-0.4, -0.2) is 23.8 Å². The molecule has 2 aromatic carbocycles. The number of carboxylic acids is 1. The van der Waals surface area contributed by atoms with Gasteiger partial charge in [0.2, 0.25) is 0 Å². The Morgan fingerprint density at radius 1 is 1.10 bits per heavy atom. The molecule has 3 rings (SSSR count). The first kappa shape index (κ1) is 21.7. The predicted molar refractivity (Wildman–Crippen MR) is 94.2 cm³/mol. The number of carbonyl (C=O) groups is 1. The van der Waals surface area contributed by atoms with Gasteiger partial charge < -0.3 is 19.3 Å². The Kier molecular flexibility index (Phi) is 5.78. The van der Waals surface area contributed by atoms with Crippen molar-refractivity contribution in [2.75, 3.05) is 0 Å². The minimum absolute atomic E-state index is 0.0980. The summed E-state index contributed by atoms with van der Waals surface area (Å²) < 4.78 is 79.2. The Labute approximate surface area is 168 Å². The summed E-state index contributed by atoms with van der Waals surface area (Å²) in [6.45, 7) is -0.00462. The van der Waals surface area contributed by atoms with E-state index in [-0.39, 0.29) is 17.4 Å². The van der Waals surface area contributed by atoms with Crippen molar-refractivity contribution in [1.29, 1.82) is 0 Å². The van der Waals surface area contributed by atoms with Crippen LogP contribution in [0.25, 0.3) is 0 Å². The third kappa shape index (κ3) is 4.42. The second-order valence-corrected chi connectivity index (χ2v) is 6.82. The van der Waals surface area contributed by atoms with E-state index >= 15 is 0 Å². The molecule has 2 aromatic rings. The molecule has 162 valence electrons. The lowest BCUT2D eigenvalue weighted by Crippen LogP contribution is -2.38. The molecule has 0 saturated heterocycles. The van der Waals surface area contributed by atoms with Crippen molar-refractivity contribution in [3.63, 3.8) is 0 Å². The molecule has 5 nitrogen and oxygen atoms in total. The molecule has 0 radical (unpaired) electrons. The summed E-state index contributed by atoms with van der Waals surface area (Å²) in [6.07, 6.45) is -5.38. The first-order chi connectivity index (χ1) is 14.0. The van der Waals surface area contributed by atoms with E-state index in [0.29, 0.717) is 23.4 Å². The van der Waals surface area contributed by atoms with E-state index in [4.69, 9.17) is 9.47 Å². The molecule has 1 aliphatic heterocycles. The van der Waals surface area contributed by atoms with E-state index in [1.807, 2.05) is 0 Å². The van der Waals surface area contributed by atoms with E-state index < -0.39 is 42.1 Å². The second-order valence-electron chi connectivity index (χ2n) is 6.82. The van der Waals surface area contributed by atoms with Gasteiger partial charge in [0, 0.05) is 12.0 Å². The van der Waals surface area contributed by atoms with Crippen molar-refractivity contribution >= 4 is 5.97 Å². The van der Waals surface area contributed by atoms with Gasteiger partial charge >= 0.3 is 18.8 Å². The van der Waals surface area contributed by atoms with Crippen LogP contribution in [0.1, 0.15) is 30.9 Å².